The lowest BCUT2D eigenvalue weighted by atomic mass is 10.1. The normalized spacial score (nSPS) is 10.2. The van der Waals surface area contributed by atoms with E-state index in [4.69, 9.17) is 4.74 Å². The molecule has 0 N–H and O–H groups in total. The van der Waals surface area contributed by atoms with Gasteiger partial charge in [0, 0.05) is 10.9 Å². The highest BCUT2D eigenvalue weighted by Gasteiger charge is 2.02. The van der Waals surface area contributed by atoms with Crippen molar-refractivity contribution in [1.82, 2.24) is 0 Å². The molecule has 110 valence electrons. The summed E-state index contributed by atoms with van der Waals surface area (Å²) in [7, 11) is 1.40. The Balaban J connectivity index is 1.84. The minimum absolute atomic E-state index is 0.189. The van der Waals surface area contributed by atoms with E-state index >= 15 is 0 Å². The lowest BCUT2D eigenvalue weighted by Crippen LogP contribution is -2.01. The zero-order valence-electron chi connectivity index (χ0n) is 11.8. The Hall–Kier alpha value is -1.81. The SMILES string of the molecule is COC(=O)CCc1ccc(OCc2ccc(Br)cc2)cc1. The second-order valence-electron chi connectivity index (χ2n) is 4.64. The summed E-state index contributed by atoms with van der Waals surface area (Å²) < 4.78 is 11.4. The molecule has 0 bridgehead atoms. The van der Waals surface area contributed by atoms with Crippen LogP contribution in [0.15, 0.2) is 53.0 Å². The molecule has 0 spiro atoms. The highest BCUT2D eigenvalue weighted by Crippen LogP contribution is 2.16. The molecule has 0 aliphatic rings. The van der Waals surface area contributed by atoms with E-state index in [9.17, 15) is 4.79 Å². The van der Waals surface area contributed by atoms with Gasteiger partial charge in [0.25, 0.3) is 0 Å². The molecule has 0 fully saturated rings. The van der Waals surface area contributed by atoms with Crippen molar-refractivity contribution in [2.24, 2.45) is 0 Å². The van der Waals surface area contributed by atoms with Gasteiger partial charge in [0.05, 0.1) is 7.11 Å². The first-order chi connectivity index (χ1) is 10.2. The van der Waals surface area contributed by atoms with Crippen molar-refractivity contribution < 1.29 is 14.3 Å². The molecule has 0 unspecified atom stereocenters. The van der Waals surface area contributed by atoms with E-state index in [0.717, 1.165) is 21.3 Å². The van der Waals surface area contributed by atoms with Crippen LogP contribution < -0.4 is 4.74 Å². The molecule has 0 saturated heterocycles. The van der Waals surface area contributed by atoms with Crippen molar-refractivity contribution in [1.29, 1.82) is 0 Å². The molecule has 0 atom stereocenters. The number of carbonyl (C=O) groups excluding carboxylic acids is 1. The molecule has 4 heteroatoms. The maximum Gasteiger partial charge on any atom is 0.305 e. The van der Waals surface area contributed by atoms with E-state index in [-0.39, 0.29) is 5.97 Å². The van der Waals surface area contributed by atoms with E-state index in [1.54, 1.807) is 0 Å². The third-order valence-corrected chi connectivity index (χ3v) is 3.62. The predicted molar refractivity (Wildman–Crippen MR) is 85.3 cm³/mol. The van der Waals surface area contributed by atoms with Crippen LogP contribution in [0.5, 0.6) is 5.75 Å². The van der Waals surface area contributed by atoms with E-state index in [1.807, 2.05) is 48.5 Å². The number of carbonyl (C=O) groups is 1. The molecule has 0 heterocycles. The minimum Gasteiger partial charge on any atom is -0.489 e. The monoisotopic (exact) mass is 348 g/mol. The Morgan fingerprint density at radius 2 is 1.62 bits per heavy atom. The minimum atomic E-state index is -0.189. The number of esters is 1. The topological polar surface area (TPSA) is 35.5 Å². The van der Waals surface area contributed by atoms with Crippen LogP contribution in [-0.4, -0.2) is 13.1 Å². The molecule has 0 aliphatic carbocycles. The van der Waals surface area contributed by atoms with Crippen molar-refractivity contribution >= 4 is 21.9 Å². The number of ether oxygens (including phenoxy) is 2. The Bertz CT molecular complexity index is 576. The first-order valence-electron chi connectivity index (χ1n) is 6.70. The maximum atomic E-state index is 11.1. The second-order valence-corrected chi connectivity index (χ2v) is 5.55. The van der Waals surface area contributed by atoms with Gasteiger partial charge in [0.1, 0.15) is 12.4 Å². The lowest BCUT2D eigenvalue weighted by molar-refractivity contribution is -0.140. The Morgan fingerprint density at radius 3 is 2.24 bits per heavy atom. The first-order valence-corrected chi connectivity index (χ1v) is 7.49. The molecular weight excluding hydrogens is 332 g/mol. The van der Waals surface area contributed by atoms with Crippen molar-refractivity contribution in [2.45, 2.75) is 19.4 Å². The number of benzene rings is 2. The van der Waals surface area contributed by atoms with Gasteiger partial charge in [-0.15, -0.1) is 0 Å². The second kappa shape index (κ2) is 7.84. The Kier molecular flexibility index (Phi) is 5.81. The van der Waals surface area contributed by atoms with Gasteiger partial charge in [-0.2, -0.15) is 0 Å². The lowest BCUT2D eigenvalue weighted by Gasteiger charge is -2.07. The van der Waals surface area contributed by atoms with Crippen LogP contribution in [0.25, 0.3) is 0 Å². The fraction of sp³-hybridized carbons (Fsp3) is 0.235. The van der Waals surface area contributed by atoms with Crippen molar-refractivity contribution in [3.63, 3.8) is 0 Å². The van der Waals surface area contributed by atoms with E-state index in [2.05, 4.69) is 20.7 Å². The third-order valence-electron chi connectivity index (χ3n) is 3.09. The van der Waals surface area contributed by atoms with Crippen LogP contribution in [0.4, 0.5) is 0 Å². The van der Waals surface area contributed by atoms with Crippen molar-refractivity contribution in [3.05, 3.63) is 64.1 Å². The molecule has 0 aliphatic heterocycles. The number of aryl methyl sites for hydroxylation is 1. The number of hydrogen-bond acceptors (Lipinski definition) is 3. The van der Waals surface area contributed by atoms with Gasteiger partial charge in [0.15, 0.2) is 0 Å². The van der Waals surface area contributed by atoms with Crippen LogP contribution in [-0.2, 0) is 22.6 Å². The van der Waals surface area contributed by atoms with Crippen LogP contribution in [0, 0.1) is 0 Å². The van der Waals surface area contributed by atoms with Crippen LogP contribution in [0.3, 0.4) is 0 Å². The average molecular weight is 349 g/mol. The summed E-state index contributed by atoms with van der Waals surface area (Å²) in [5, 5.41) is 0. The molecule has 3 nitrogen and oxygen atoms in total. The molecule has 21 heavy (non-hydrogen) atoms. The van der Waals surface area contributed by atoms with Gasteiger partial charge >= 0.3 is 5.97 Å². The van der Waals surface area contributed by atoms with E-state index < -0.39 is 0 Å². The highest BCUT2D eigenvalue weighted by molar-refractivity contribution is 9.10. The fourth-order valence-corrected chi connectivity index (χ4v) is 2.11. The number of rotatable bonds is 6. The van der Waals surface area contributed by atoms with Gasteiger partial charge in [-0.05, 0) is 41.8 Å². The largest absolute Gasteiger partial charge is 0.489 e. The van der Waals surface area contributed by atoms with Crippen molar-refractivity contribution in [2.75, 3.05) is 7.11 Å². The summed E-state index contributed by atoms with van der Waals surface area (Å²) in [6, 6.07) is 15.8. The molecule has 2 aromatic rings. The summed E-state index contributed by atoms with van der Waals surface area (Å²) in [6.07, 6.45) is 1.08. The summed E-state index contributed by atoms with van der Waals surface area (Å²) in [6.45, 7) is 0.536. The van der Waals surface area contributed by atoms with Gasteiger partial charge in [-0.3, -0.25) is 4.79 Å². The van der Waals surface area contributed by atoms with E-state index in [1.165, 1.54) is 7.11 Å². The molecular formula is C17H17BrO3. The highest BCUT2D eigenvalue weighted by atomic mass is 79.9. The first kappa shape index (κ1) is 15.6. The summed E-state index contributed by atoms with van der Waals surface area (Å²) in [5.41, 5.74) is 2.21. The average Bonchev–Trinajstić information content (AvgIpc) is 2.53. The van der Waals surface area contributed by atoms with E-state index in [0.29, 0.717) is 19.4 Å². The Morgan fingerprint density at radius 1 is 1.00 bits per heavy atom. The quantitative estimate of drug-likeness (QED) is 0.736. The number of hydrogen-bond donors (Lipinski definition) is 0. The molecule has 2 aromatic carbocycles. The van der Waals surface area contributed by atoms with Gasteiger partial charge in [-0.25, -0.2) is 0 Å². The standard InChI is InChI=1S/C17H17BrO3/c1-20-17(19)11-6-13-4-9-16(10-5-13)21-12-14-2-7-15(18)8-3-14/h2-5,7-10H,6,11-12H2,1H3. The smallest absolute Gasteiger partial charge is 0.305 e. The predicted octanol–water partition coefficient (Wildman–Crippen LogP) is 4.13. The van der Waals surface area contributed by atoms with Gasteiger partial charge in [-0.1, -0.05) is 40.2 Å². The van der Waals surface area contributed by atoms with Crippen LogP contribution >= 0.6 is 15.9 Å². The summed E-state index contributed by atoms with van der Waals surface area (Å²) in [5.74, 6) is 0.630. The molecule has 2 rings (SSSR count). The Labute approximate surface area is 133 Å². The number of methoxy groups -OCH3 is 1. The summed E-state index contributed by atoms with van der Waals surface area (Å²) in [4.78, 5) is 11.1. The third kappa shape index (κ3) is 5.23. The molecule has 0 aromatic heterocycles. The number of halogens is 1. The fourth-order valence-electron chi connectivity index (χ4n) is 1.85. The van der Waals surface area contributed by atoms with Gasteiger partial charge in [0.2, 0.25) is 0 Å². The zero-order chi connectivity index (χ0) is 15.1. The van der Waals surface area contributed by atoms with Crippen LogP contribution in [0.1, 0.15) is 17.5 Å². The van der Waals surface area contributed by atoms with Gasteiger partial charge < -0.3 is 9.47 Å². The summed E-state index contributed by atoms with van der Waals surface area (Å²) >= 11 is 3.41. The van der Waals surface area contributed by atoms with Crippen LogP contribution in [0.2, 0.25) is 0 Å². The maximum absolute atomic E-state index is 11.1. The molecule has 0 saturated carbocycles. The van der Waals surface area contributed by atoms with Crippen molar-refractivity contribution in [3.8, 4) is 5.75 Å². The zero-order valence-corrected chi connectivity index (χ0v) is 13.4. The molecule has 0 radical (unpaired) electrons. The molecule has 0 amide bonds.